The third-order valence-electron chi connectivity index (χ3n) is 3.15. The number of hydrogen-bond donors (Lipinski definition) is 1. The Labute approximate surface area is 101 Å². The van der Waals surface area contributed by atoms with Gasteiger partial charge in [0.25, 0.3) is 0 Å². The molecule has 1 heterocycles. The van der Waals surface area contributed by atoms with Crippen molar-refractivity contribution in [2.45, 2.75) is 13.8 Å². The van der Waals surface area contributed by atoms with Gasteiger partial charge in [0.1, 0.15) is 0 Å². The number of carbonyl (C=O) groups is 1. The van der Waals surface area contributed by atoms with Crippen molar-refractivity contribution in [1.29, 1.82) is 0 Å². The van der Waals surface area contributed by atoms with Gasteiger partial charge in [-0.15, -0.1) is 0 Å². The van der Waals surface area contributed by atoms with Gasteiger partial charge in [-0.25, -0.2) is 0 Å². The smallest absolute Gasteiger partial charge is 0.161 e. The molecule has 0 aliphatic carbocycles. The van der Waals surface area contributed by atoms with E-state index in [1.165, 1.54) is 0 Å². The minimum atomic E-state index is 0.0823. The van der Waals surface area contributed by atoms with Crippen LogP contribution in [0.1, 0.15) is 23.0 Å². The summed E-state index contributed by atoms with van der Waals surface area (Å²) in [7, 11) is 1.95. The summed E-state index contributed by atoms with van der Waals surface area (Å²) in [5, 5.41) is 0. The number of para-hydroxylation sites is 1. The van der Waals surface area contributed by atoms with E-state index in [4.69, 9.17) is 5.73 Å². The van der Waals surface area contributed by atoms with Crippen molar-refractivity contribution < 1.29 is 4.79 Å². The topological polar surface area (TPSA) is 48.0 Å². The molecule has 2 aromatic rings. The molecule has 2 rings (SSSR count). The van der Waals surface area contributed by atoms with Gasteiger partial charge in [0, 0.05) is 29.6 Å². The van der Waals surface area contributed by atoms with Gasteiger partial charge < -0.3 is 10.3 Å². The van der Waals surface area contributed by atoms with E-state index in [1.54, 1.807) is 6.92 Å². The molecule has 1 aromatic heterocycles. The summed E-state index contributed by atoms with van der Waals surface area (Å²) in [5.41, 5.74) is 10.3. The van der Waals surface area contributed by atoms with Gasteiger partial charge in [0.2, 0.25) is 0 Å². The maximum absolute atomic E-state index is 11.5. The molecule has 17 heavy (non-hydrogen) atoms. The number of nitrogen functional groups attached to an aromatic ring is 1. The molecule has 0 fully saturated rings. The van der Waals surface area contributed by atoms with E-state index < -0.39 is 0 Å². The Bertz CT molecular complexity index is 582. The van der Waals surface area contributed by atoms with E-state index >= 15 is 0 Å². The number of Topliss-reactive ketones (excluding diaryl/α,β-unsaturated/α-hetero) is 1. The van der Waals surface area contributed by atoms with Crippen LogP contribution >= 0.6 is 0 Å². The van der Waals surface area contributed by atoms with Crippen LogP contribution in [0.15, 0.2) is 30.3 Å². The van der Waals surface area contributed by atoms with Crippen LogP contribution in [0, 0.1) is 6.92 Å². The fraction of sp³-hybridized carbons (Fsp3) is 0.214. The van der Waals surface area contributed by atoms with Crippen LogP contribution in [0.2, 0.25) is 0 Å². The van der Waals surface area contributed by atoms with Crippen molar-refractivity contribution >= 4 is 11.5 Å². The predicted molar refractivity (Wildman–Crippen MR) is 70.0 cm³/mol. The number of rotatable bonds is 2. The van der Waals surface area contributed by atoms with E-state index in [0.29, 0.717) is 0 Å². The number of carbonyl (C=O) groups excluding carboxylic acids is 1. The Morgan fingerprint density at radius 1 is 1.29 bits per heavy atom. The van der Waals surface area contributed by atoms with Gasteiger partial charge in [-0.3, -0.25) is 4.79 Å². The molecule has 0 spiro atoms. The van der Waals surface area contributed by atoms with Crippen LogP contribution in [-0.2, 0) is 7.05 Å². The number of nitrogens with zero attached hydrogens (tertiary/aromatic N) is 1. The number of ketones is 1. The van der Waals surface area contributed by atoms with E-state index in [1.807, 2.05) is 48.9 Å². The van der Waals surface area contributed by atoms with Crippen LogP contribution < -0.4 is 5.73 Å². The van der Waals surface area contributed by atoms with Crippen LogP contribution in [0.5, 0.6) is 0 Å². The fourth-order valence-electron chi connectivity index (χ4n) is 2.04. The summed E-state index contributed by atoms with van der Waals surface area (Å²) >= 11 is 0. The number of anilines is 1. The molecule has 0 saturated carbocycles. The zero-order valence-corrected chi connectivity index (χ0v) is 10.3. The molecule has 0 unspecified atom stereocenters. The minimum absolute atomic E-state index is 0.0823. The summed E-state index contributed by atoms with van der Waals surface area (Å²) in [6, 6.07) is 9.59. The molecule has 0 amide bonds. The SMILES string of the molecule is CC(=O)c1cc(-c2ccccc2N)n(C)c1C. The molecule has 3 heteroatoms. The molecule has 0 saturated heterocycles. The first-order valence-electron chi connectivity index (χ1n) is 5.54. The van der Waals surface area contributed by atoms with Gasteiger partial charge >= 0.3 is 0 Å². The van der Waals surface area contributed by atoms with Crippen LogP contribution in [0.4, 0.5) is 5.69 Å². The first kappa shape index (κ1) is 11.5. The second-order valence-electron chi connectivity index (χ2n) is 4.23. The largest absolute Gasteiger partial charge is 0.398 e. The summed E-state index contributed by atoms with van der Waals surface area (Å²) in [6.45, 7) is 3.53. The monoisotopic (exact) mass is 228 g/mol. The lowest BCUT2D eigenvalue weighted by atomic mass is 10.1. The lowest BCUT2D eigenvalue weighted by Gasteiger charge is -2.07. The van der Waals surface area contributed by atoms with Crippen molar-refractivity contribution in [1.82, 2.24) is 4.57 Å². The maximum atomic E-state index is 11.5. The Kier molecular flexibility index (Phi) is 2.76. The maximum Gasteiger partial charge on any atom is 0.161 e. The van der Waals surface area contributed by atoms with E-state index in [-0.39, 0.29) is 5.78 Å². The fourth-order valence-corrected chi connectivity index (χ4v) is 2.04. The summed E-state index contributed by atoms with van der Waals surface area (Å²) < 4.78 is 2.00. The molecular weight excluding hydrogens is 212 g/mol. The third kappa shape index (κ3) is 1.84. The van der Waals surface area contributed by atoms with Crippen molar-refractivity contribution in [3.8, 4) is 11.3 Å². The Morgan fingerprint density at radius 3 is 2.47 bits per heavy atom. The number of aromatic nitrogens is 1. The lowest BCUT2D eigenvalue weighted by Crippen LogP contribution is -1.98. The van der Waals surface area contributed by atoms with Gasteiger partial charge in [-0.05, 0) is 26.0 Å². The van der Waals surface area contributed by atoms with Crippen molar-refractivity contribution in [2.75, 3.05) is 5.73 Å². The molecule has 0 aliphatic heterocycles. The highest BCUT2D eigenvalue weighted by Gasteiger charge is 2.14. The minimum Gasteiger partial charge on any atom is -0.398 e. The molecule has 3 nitrogen and oxygen atoms in total. The van der Waals surface area contributed by atoms with Crippen molar-refractivity contribution in [3.63, 3.8) is 0 Å². The molecule has 1 aromatic carbocycles. The number of nitrogens with two attached hydrogens (primary N) is 1. The standard InChI is InChI=1S/C14H16N2O/c1-9-12(10(2)17)8-14(16(9)3)11-6-4-5-7-13(11)15/h4-8H,15H2,1-3H3. The quantitative estimate of drug-likeness (QED) is 0.634. The Morgan fingerprint density at radius 2 is 1.94 bits per heavy atom. The van der Waals surface area contributed by atoms with Gasteiger partial charge in [-0.1, -0.05) is 18.2 Å². The molecule has 0 radical (unpaired) electrons. The zero-order valence-electron chi connectivity index (χ0n) is 10.3. The third-order valence-corrected chi connectivity index (χ3v) is 3.15. The number of hydrogen-bond acceptors (Lipinski definition) is 2. The van der Waals surface area contributed by atoms with Gasteiger partial charge in [0.05, 0.1) is 5.69 Å². The lowest BCUT2D eigenvalue weighted by molar-refractivity contribution is 0.101. The zero-order chi connectivity index (χ0) is 12.6. The molecule has 0 aliphatic rings. The van der Waals surface area contributed by atoms with E-state index in [0.717, 1.165) is 28.2 Å². The summed E-state index contributed by atoms with van der Waals surface area (Å²) in [6.07, 6.45) is 0. The van der Waals surface area contributed by atoms with Crippen LogP contribution in [0.25, 0.3) is 11.3 Å². The molecular formula is C14H16N2O. The van der Waals surface area contributed by atoms with Crippen molar-refractivity contribution in [3.05, 3.63) is 41.6 Å². The van der Waals surface area contributed by atoms with Gasteiger partial charge in [0.15, 0.2) is 5.78 Å². The molecule has 0 bridgehead atoms. The van der Waals surface area contributed by atoms with E-state index in [9.17, 15) is 4.79 Å². The average molecular weight is 228 g/mol. The highest BCUT2D eigenvalue weighted by Crippen LogP contribution is 2.29. The first-order chi connectivity index (χ1) is 8.02. The first-order valence-corrected chi connectivity index (χ1v) is 5.54. The van der Waals surface area contributed by atoms with E-state index in [2.05, 4.69) is 0 Å². The van der Waals surface area contributed by atoms with Crippen molar-refractivity contribution in [2.24, 2.45) is 7.05 Å². The van der Waals surface area contributed by atoms with Crippen LogP contribution in [-0.4, -0.2) is 10.4 Å². The number of benzene rings is 1. The average Bonchev–Trinajstić information content (AvgIpc) is 2.57. The Hall–Kier alpha value is -2.03. The highest BCUT2D eigenvalue weighted by atomic mass is 16.1. The molecule has 0 atom stereocenters. The highest BCUT2D eigenvalue weighted by molar-refractivity contribution is 5.97. The van der Waals surface area contributed by atoms with Gasteiger partial charge in [-0.2, -0.15) is 0 Å². The van der Waals surface area contributed by atoms with Crippen LogP contribution in [0.3, 0.4) is 0 Å². The second-order valence-corrected chi connectivity index (χ2v) is 4.23. The Balaban J connectivity index is 2.66. The predicted octanol–water partition coefficient (Wildman–Crippen LogP) is 2.79. The summed E-state index contributed by atoms with van der Waals surface area (Å²) in [5.74, 6) is 0.0823. The molecule has 2 N–H and O–H groups in total. The second kappa shape index (κ2) is 4.09. The molecule has 88 valence electrons. The normalized spacial score (nSPS) is 10.5. The summed E-state index contributed by atoms with van der Waals surface area (Å²) in [4.78, 5) is 11.5.